The van der Waals surface area contributed by atoms with E-state index in [1.54, 1.807) is 30.9 Å². The van der Waals surface area contributed by atoms with Crippen molar-refractivity contribution in [2.75, 3.05) is 39.6 Å². The number of carbonyl (C=O) groups excluding carboxylic acids is 3. The molecule has 11 heteroatoms. The van der Waals surface area contributed by atoms with Crippen molar-refractivity contribution in [2.45, 2.75) is 39.3 Å². The molecule has 4 aromatic rings. The number of ether oxygens (including phenoxy) is 4. The van der Waals surface area contributed by atoms with Gasteiger partial charge in [-0.25, -0.2) is 4.79 Å². The third kappa shape index (κ3) is 7.09. The van der Waals surface area contributed by atoms with Crippen LogP contribution in [0.25, 0.3) is 0 Å². The van der Waals surface area contributed by atoms with E-state index in [1.807, 2.05) is 72.8 Å². The highest BCUT2D eigenvalue weighted by atomic mass is 16.7. The normalized spacial score (nSPS) is 17.6. The number of benzene rings is 3. The molecule has 0 N–H and O–H groups in total. The van der Waals surface area contributed by atoms with Gasteiger partial charge in [-0.2, -0.15) is 0 Å². The van der Waals surface area contributed by atoms with Crippen molar-refractivity contribution in [3.05, 3.63) is 119 Å². The van der Waals surface area contributed by atoms with Gasteiger partial charge in [0.1, 0.15) is 17.3 Å². The SMILES string of the molecule is CCOC(=O)C1=C(C)N(Cc2ccc(C(=O)N3CCN(Cc4ccc5c(c4)OCO5)CC3)o2)C(=O)CC1c1cccc(Oc2ccccc2)c1. The molecular formula is C39H39N3O8. The minimum atomic E-state index is -0.519. The summed E-state index contributed by atoms with van der Waals surface area (Å²) in [7, 11) is 0. The largest absolute Gasteiger partial charge is 0.463 e. The number of esters is 1. The maximum absolute atomic E-state index is 13.7. The molecule has 1 saturated heterocycles. The molecule has 2 amide bonds. The average Bonchev–Trinajstić information content (AvgIpc) is 3.80. The average molecular weight is 678 g/mol. The number of furan rings is 1. The van der Waals surface area contributed by atoms with Crippen LogP contribution in [0, 0.1) is 0 Å². The second-order valence-corrected chi connectivity index (χ2v) is 12.5. The van der Waals surface area contributed by atoms with Gasteiger partial charge >= 0.3 is 5.97 Å². The Labute approximate surface area is 290 Å². The van der Waals surface area contributed by atoms with Crippen molar-refractivity contribution in [1.29, 1.82) is 0 Å². The quantitative estimate of drug-likeness (QED) is 0.184. The number of hydrogen-bond acceptors (Lipinski definition) is 9. The van der Waals surface area contributed by atoms with Crippen LogP contribution in [0.15, 0.2) is 101 Å². The summed E-state index contributed by atoms with van der Waals surface area (Å²) in [5, 5.41) is 0. The first kappa shape index (κ1) is 33.0. The van der Waals surface area contributed by atoms with E-state index in [1.165, 1.54) is 4.90 Å². The molecule has 3 aliphatic rings. The number of amides is 2. The highest BCUT2D eigenvalue weighted by Crippen LogP contribution is 2.39. The van der Waals surface area contributed by atoms with Crippen LogP contribution in [-0.4, -0.2) is 72.1 Å². The van der Waals surface area contributed by atoms with Crippen LogP contribution < -0.4 is 14.2 Å². The molecule has 11 nitrogen and oxygen atoms in total. The van der Waals surface area contributed by atoms with E-state index in [0.717, 1.165) is 42.3 Å². The van der Waals surface area contributed by atoms with Gasteiger partial charge in [0.2, 0.25) is 12.7 Å². The summed E-state index contributed by atoms with van der Waals surface area (Å²) < 4.78 is 28.4. The smallest absolute Gasteiger partial charge is 0.336 e. The number of nitrogens with zero attached hydrogens (tertiary/aromatic N) is 3. The van der Waals surface area contributed by atoms with E-state index < -0.39 is 11.9 Å². The fourth-order valence-electron chi connectivity index (χ4n) is 6.68. The van der Waals surface area contributed by atoms with Gasteiger partial charge in [0, 0.05) is 50.8 Å². The number of fused-ring (bicyclic) bond motifs is 1. The van der Waals surface area contributed by atoms with Crippen molar-refractivity contribution in [2.24, 2.45) is 0 Å². The Morgan fingerprint density at radius 3 is 2.42 bits per heavy atom. The third-order valence-corrected chi connectivity index (χ3v) is 9.25. The van der Waals surface area contributed by atoms with E-state index in [0.29, 0.717) is 41.6 Å². The molecule has 0 spiro atoms. The summed E-state index contributed by atoms with van der Waals surface area (Å²) >= 11 is 0. The first-order chi connectivity index (χ1) is 24.4. The second kappa shape index (κ2) is 14.5. The van der Waals surface area contributed by atoms with Gasteiger partial charge in [-0.3, -0.25) is 14.5 Å². The molecule has 1 unspecified atom stereocenters. The summed E-state index contributed by atoms with van der Waals surface area (Å²) in [6.07, 6.45) is 0.0588. The molecular weight excluding hydrogens is 638 g/mol. The lowest BCUT2D eigenvalue weighted by Gasteiger charge is -2.34. The molecule has 50 heavy (non-hydrogen) atoms. The van der Waals surface area contributed by atoms with Crippen LogP contribution in [0.5, 0.6) is 23.0 Å². The number of piperazine rings is 1. The van der Waals surface area contributed by atoms with Crippen LogP contribution in [0.2, 0.25) is 0 Å². The van der Waals surface area contributed by atoms with Gasteiger partial charge < -0.3 is 33.2 Å². The van der Waals surface area contributed by atoms with Crippen LogP contribution in [0.1, 0.15) is 53.6 Å². The molecule has 258 valence electrons. The third-order valence-electron chi connectivity index (χ3n) is 9.25. The van der Waals surface area contributed by atoms with Crippen LogP contribution >= 0.6 is 0 Å². The molecule has 1 fully saturated rings. The first-order valence-electron chi connectivity index (χ1n) is 16.9. The highest BCUT2D eigenvalue weighted by molar-refractivity contribution is 5.96. The number of allylic oxidation sites excluding steroid dienone is 1. The zero-order valence-corrected chi connectivity index (χ0v) is 28.1. The molecule has 0 saturated carbocycles. The van der Waals surface area contributed by atoms with E-state index in [2.05, 4.69) is 4.90 Å². The Balaban J connectivity index is 1.02. The van der Waals surface area contributed by atoms with Crippen LogP contribution in [0.3, 0.4) is 0 Å². The second-order valence-electron chi connectivity index (χ2n) is 12.5. The minimum Gasteiger partial charge on any atom is -0.463 e. The number of para-hydroxylation sites is 1. The topological polar surface area (TPSA) is 111 Å². The summed E-state index contributed by atoms with van der Waals surface area (Å²) in [6, 6.07) is 26.2. The van der Waals surface area contributed by atoms with Crippen molar-refractivity contribution >= 4 is 17.8 Å². The summed E-state index contributed by atoms with van der Waals surface area (Å²) in [5.41, 5.74) is 2.80. The summed E-state index contributed by atoms with van der Waals surface area (Å²) in [4.78, 5) is 46.1. The van der Waals surface area contributed by atoms with Gasteiger partial charge in [0.05, 0.1) is 18.7 Å². The van der Waals surface area contributed by atoms with Gasteiger partial charge in [0.25, 0.3) is 5.91 Å². The lowest BCUT2D eigenvalue weighted by atomic mass is 9.83. The Kier molecular flexibility index (Phi) is 9.57. The van der Waals surface area contributed by atoms with E-state index in [-0.39, 0.29) is 43.9 Å². The molecule has 7 rings (SSSR count). The Hall–Kier alpha value is -5.55. The standard InChI is InChI=1S/C39H39N3O8/c1-3-46-39(45)37-26(2)42(36(43)22-32(37)28-8-7-11-30(21-28)49-29-9-5-4-6-10-29)24-31-13-15-34(50-31)38(44)41-18-16-40(17-19-41)23-27-12-14-33-35(20-27)48-25-47-33/h4-15,20-21,32H,3,16-19,22-25H2,1-2H3. The predicted octanol–water partition coefficient (Wildman–Crippen LogP) is 6.11. The Morgan fingerprint density at radius 2 is 1.62 bits per heavy atom. The minimum absolute atomic E-state index is 0.0588. The zero-order valence-electron chi connectivity index (χ0n) is 28.1. The van der Waals surface area contributed by atoms with E-state index in [4.69, 9.17) is 23.4 Å². The molecule has 0 aliphatic carbocycles. The molecule has 3 aromatic carbocycles. The van der Waals surface area contributed by atoms with E-state index in [9.17, 15) is 14.4 Å². The Bertz CT molecular complexity index is 1910. The van der Waals surface area contributed by atoms with Crippen molar-refractivity contribution in [1.82, 2.24) is 14.7 Å². The lowest BCUT2D eigenvalue weighted by Crippen LogP contribution is -2.48. The van der Waals surface area contributed by atoms with Gasteiger partial charge in [-0.05, 0) is 73.5 Å². The molecule has 1 aromatic heterocycles. The maximum atomic E-state index is 13.7. The fraction of sp³-hybridized carbons (Fsp3) is 0.308. The summed E-state index contributed by atoms with van der Waals surface area (Å²) in [6.45, 7) is 7.34. The Morgan fingerprint density at radius 1 is 0.840 bits per heavy atom. The maximum Gasteiger partial charge on any atom is 0.336 e. The molecule has 0 radical (unpaired) electrons. The number of carbonyl (C=O) groups is 3. The van der Waals surface area contributed by atoms with Crippen molar-refractivity contribution in [3.63, 3.8) is 0 Å². The number of rotatable bonds is 10. The summed E-state index contributed by atoms with van der Waals surface area (Å²) in [5.74, 6) is 2.11. The van der Waals surface area contributed by atoms with Crippen LogP contribution in [-0.2, 0) is 27.4 Å². The first-order valence-corrected chi connectivity index (χ1v) is 16.9. The van der Waals surface area contributed by atoms with Gasteiger partial charge in [0.15, 0.2) is 17.3 Å². The molecule has 3 aliphatic heterocycles. The molecule has 4 heterocycles. The molecule has 0 bridgehead atoms. The lowest BCUT2D eigenvalue weighted by molar-refractivity contribution is -0.140. The molecule has 1 atom stereocenters. The highest BCUT2D eigenvalue weighted by Gasteiger charge is 2.37. The fourth-order valence-corrected chi connectivity index (χ4v) is 6.68. The zero-order chi connectivity index (χ0) is 34.6. The van der Waals surface area contributed by atoms with Crippen LogP contribution in [0.4, 0.5) is 0 Å². The monoisotopic (exact) mass is 677 g/mol. The van der Waals surface area contributed by atoms with Crippen molar-refractivity contribution in [3.8, 4) is 23.0 Å². The number of hydrogen-bond donors (Lipinski definition) is 0. The van der Waals surface area contributed by atoms with Crippen molar-refractivity contribution < 1.29 is 37.7 Å². The predicted molar refractivity (Wildman–Crippen MR) is 183 cm³/mol. The van der Waals surface area contributed by atoms with Gasteiger partial charge in [-0.1, -0.05) is 36.4 Å². The van der Waals surface area contributed by atoms with Gasteiger partial charge in [-0.15, -0.1) is 0 Å². The van der Waals surface area contributed by atoms with E-state index >= 15 is 0 Å².